The van der Waals surface area contributed by atoms with Gasteiger partial charge in [0.2, 0.25) is 5.91 Å². The molecule has 2 aromatic carbocycles. The first kappa shape index (κ1) is 18.0. The van der Waals surface area contributed by atoms with E-state index in [1.807, 2.05) is 36.4 Å². The molecular weight excluding hydrogens is 354 g/mol. The highest BCUT2D eigenvalue weighted by Crippen LogP contribution is 2.26. The smallest absolute Gasteiger partial charge is 0.270 e. The van der Waals surface area contributed by atoms with E-state index in [4.69, 9.17) is 4.74 Å². The molecule has 0 bridgehead atoms. The number of hydrogen-bond donors (Lipinski definition) is 1. The van der Waals surface area contributed by atoms with Gasteiger partial charge in [0.25, 0.3) is 5.91 Å². The minimum Gasteiger partial charge on any atom is -0.497 e. The minimum atomic E-state index is -0.364. The molecule has 1 aliphatic heterocycles. The number of ether oxygens (including phenoxy) is 1. The second kappa shape index (κ2) is 7.68. The summed E-state index contributed by atoms with van der Waals surface area (Å²) in [5.41, 5.74) is 3.08. The van der Waals surface area contributed by atoms with Crippen molar-refractivity contribution >= 4 is 28.4 Å². The lowest BCUT2D eigenvalue weighted by Gasteiger charge is -2.29. The van der Waals surface area contributed by atoms with Crippen molar-refractivity contribution in [2.24, 2.45) is 0 Å². The highest BCUT2D eigenvalue weighted by molar-refractivity contribution is 6.01. The lowest BCUT2D eigenvalue weighted by Crippen LogP contribution is -2.42. The molecule has 142 valence electrons. The van der Waals surface area contributed by atoms with E-state index in [1.54, 1.807) is 30.2 Å². The van der Waals surface area contributed by atoms with E-state index >= 15 is 0 Å². The molecule has 0 saturated carbocycles. The Morgan fingerprint density at radius 1 is 1.14 bits per heavy atom. The van der Waals surface area contributed by atoms with Crippen LogP contribution in [0.2, 0.25) is 0 Å². The fourth-order valence-electron chi connectivity index (χ4n) is 3.49. The molecule has 0 saturated heterocycles. The molecule has 0 spiro atoms. The van der Waals surface area contributed by atoms with E-state index in [1.165, 1.54) is 5.56 Å². The zero-order valence-corrected chi connectivity index (χ0v) is 15.6. The maximum absolute atomic E-state index is 12.7. The number of benzene rings is 2. The molecule has 28 heavy (non-hydrogen) atoms. The molecule has 1 N–H and O–H groups in total. The van der Waals surface area contributed by atoms with E-state index in [0.29, 0.717) is 12.1 Å². The van der Waals surface area contributed by atoms with E-state index in [9.17, 15) is 9.59 Å². The number of aryl methyl sites for hydroxylation is 1. The molecule has 4 rings (SSSR count). The SMILES string of the molecule is COc1ccc2nc(C(=O)NCC(=O)N3CCCc4ccccc43)ccc2c1. The van der Waals surface area contributed by atoms with Crippen LogP contribution in [0.5, 0.6) is 5.75 Å². The average molecular weight is 375 g/mol. The average Bonchev–Trinajstić information content (AvgIpc) is 2.76. The summed E-state index contributed by atoms with van der Waals surface area (Å²) in [4.78, 5) is 31.3. The van der Waals surface area contributed by atoms with Crippen molar-refractivity contribution in [3.63, 3.8) is 0 Å². The number of nitrogens with zero attached hydrogens (tertiary/aromatic N) is 2. The Bertz CT molecular complexity index is 1050. The number of carbonyl (C=O) groups is 2. The molecule has 0 radical (unpaired) electrons. The van der Waals surface area contributed by atoms with Gasteiger partial charge in [0.05, 0.1) is 19.2 Å². The number of aromatic nitrogens is 1. The first-order chi connectivity index (χ1) is 13.7. The van der Waals surface area contributed by atoms with Gasteiger partial charge in [0.15, 0.2) is 0 Å². The quantitative estimate of drug-likeness (QED) is 0.761. The summed E-state index contributed by atoms with van der Waals surface area (Å²) in [6, 6.07) is 16.8. The first-order valence-electron chi connectivity index (χ1n) is 9.27. The fourth-order valence-corrected chi connectivity index (χ4v) is 3.49. The third-order valence-electron chi connectivity index (χ3n) is 4.94. The lowest BCUT2D eigenvalue weighted by atomic mass is 10.0. The largest absolute Gasteiger partial charge is 0.497 e. The van der Waals surface area contributed by atoms with Gasteiger partial charge in [-0.2, -0.15) is 0 Å². The number of hydrogen-bond acceptors (Lipinski definition) is 4. The van der Waals surface area contributed by atoms with Crippen molar-refractivity contribution in [2.45, 2.75) is 12.8 Å². The third-order valence-corrected chi connectivity index (χ3v) is 4.94. The summed E-state index contributed by atoms with van der Waals surface area (Å²) in [6.07, 6.45) is 1.89. The van der Waals surface area contributed by atoms with Gasteiger partial charge in [0, 0.05) is 17.6 Å². The number of fused-ring (bicyclic) bond motifs is 2. The molecule has 1 aliphatic rings. The minimum absolute atomic E-state index is 0.0600. The maximum atomic E-state index is 12.7. The molecule has 3 aromatic rings. The van der Waals surface area contributed by atoms with Gasteiger partial charge in [0.1, 0.15) is 11.4 Å². The van der Waals surface area contributed by atoms with Crippen LogP contribution in [-0.2, 0) is 11.2 Å². The van der Waals surface area contributed by atoms with Crippen molar-refractivity contribution in [1.82, 2.24) is 10.3 Å². The van der Waals surface area contributed by atoms with Gasteiger partial charge in [-0.05, 0) is 48.7 Å². The summed E-state index contributed by atoms with van der Waals surface area (Å²) >= 11 is 0. The summed E-state index contributed by atoms with van der Waals surface area (Å²) in [7, 11) is 1.61. The molecular formula is C22H21N3O3. The number of para-hydroxylation sites is 1. The molecule has 1 aromatic heterocycles. The Kier molecular flexibility index (Phi) is 4.93. The van der Waals surface area contributed by atoms with Crippen LogP contribution in [0.25, 0.3) is 10.9 Å². The van der Waals surface area contributed by atoms with Gasteiger partial charge >= 0.3 is 0 Å². The third kappa shape index (κ3) is 3.53. The standard InChI is InChI=1S/C22H21N3O3/c1-28-17-9-11-18-16(13-17)8-10-19(24-18)22(27)23-14-21(26)25-12-4-6-15-5-2-3-7-20(15)25/h2-3,5,7-11,13H,4,6,12,14H2,1H3,(H,23,27). The van der Waals surface area contributed by atoms with Crippen molar-refractivity contribution in [3.05, 3.63) is 65.9 Å². The normalized spacial score (nSPS) is 13.1. The highest BCUT2D eigenvalue weighted by Gasteiger charge is 2.22. The number of amides is 2. The number of pyridine rings is 1. The van der Waals surface area contributed by atoms with Gasteiger partial charge in [-0.25, -0.2) is 4.98 Å². The zero-order valence-electron chi connectivity index (χ0n) is 15.6. The van der Waals surface area contributed by atoms with Crippen LogP contribution in [0.1, 0.15) is 22.5 Å². The van der Waals surface area contributed by atoms with Crippen molar-refractivity contribution < 1.29 is 14.3 Å². The Hall–Kier alpha value is -3.41. The van der Waals surface area contributed by atoms with Gasteiger partial charge in [-0.3, -0.25) is 9.59 Å². The highest BCUT2D eigenvalue weighted by atomic mass is 16.5. The Labute approximate surface area is 163 Å². The number of carbonyl (C=O) groups excluding carboxylic acids is 2. The molecule has 0 atom stereocenters. The number of methoxy groups -OCH3 is 1. The van der Waals surface area contributed by atoms with Crippen LogP contribution in [0, 0.1) is 0 Å². The van der Waals surface area contributed by atoms with Crippen LogP contribution in [0.15, 0.2) is 54.6 Å². The van der Waals surface area contributed by atoms with E-state index in [0.717, 1.165) is 29.7 Å². The first-order valence-corrected chi connectivity index (χ1v) is 9.27. The van der Waals surface area contributed by atoms with E-state index in [2.05, 4.69) is 10.3 Å². The van der Waals surface area contributed by atoms with E-state index in [-0.39, 0.29) is 24.1 Å². The van der Waals surface area contributed by atoms with Crippen LogP contribution in [0.4, 0.5) is 5.69 Å². The van der Waals surface area contributed by atoms with Gasteiger partial charge < -0.3 is 15.0 Å². The monoisotopic (exact) mass is 375 g/mol. The summed E-state index contributed by atoms with van der Waals surface area (Å²) in [5.74, 6) is 0.251. The second-order valence-electron chi connectivity index (χ2n) is 6.72. The van der Waals surface area contributed by atoms with Crippen LogP contribution >= 0.6 is 0 Å². The number of anilines is 1. The van der Waals surface area contributed by atoms with Crippen molar-refractivity contribution in [3.8, 4) is 5.75 Å². The number of rotatable bonds is 4. The Morgan fingerprint density at radius 2 is 2.00 bits per heavy atom. The topological polar surface area (TPSA) is 71.5 Å². The second-order valence-corrected chi connectivity index (χ2v) is 6.72. The van der Waals surface area contributed by atoms with Crippen molar-refractivity contribution in [2.75, 3.05) is 25.1 Å². The molecule has 0 aliphatic carbocycles. The Morgan fingerprint density at radius 3 is 2.86 bits per heavy atom. The van der Waals surface area contributed by atoms with Crippen molar-refractivity contribution in [1.29, 1.82) is 0 Å². The Balaban J connectivity index is 1.44. The summed E-state index contributed by atoms with van der Waals surface area (Å²) in [5, 5.41) is 3.58. The van der Waals surface area contributed by atoms with Gasteiger partial charge in [-0.15, -0.1) is 0 Å². The molecule has 0 unspecified atom stereocenters. The molecule has 6 heteroatoms. The molecule has 6 nitrogen and oxygen atoms in total. The molecule has 2 amide bonds. The predicted molar refractivity (Wildman–Crippen MR) is 108 cm³/mol. The fraction of sp³-hybridized carbons (Fsp3) is 0.227. The predicted octanol–water partition coefficient (Wildman–Crippen LogP) is 2.95. The zero-order chi connectivity index (χ0) is 19.5. The van der Waals surface area contributed by atoms with Gasteiger partial charge in [-0.1, -0.05) is 24.3 Å². The van der Waals surface area contributed by atoms with E-state index < -0.39 is 0 Å². The lowest BCUT2D eigenvalue weighted by molar-refractivity contribution is -0.117. The molecule has 2 heterocycles. The summed E-state index contributed by atoms with van der Waals surface area (Å²) < 4.78 is 5.20. The van der Waals surface area contributed by atoms with Crippen LogP contribution < -0.4 is 15.0 Å². The van der Waals surface area contributed by atoms with Crippen LogP contribution in [0.3, 0.4) is 0 Å². The molecule has 0 fully saturated rings. The van der Waals surface area contributed by atoms with Crippen LogP contribution in [-0.4, -0.2) is 37.0 Å². The number of nitrogens with one attached hydrogen (secondary N) is 1. The summed E-state index contributed by atoms with van der Waals surface area (Å²) in [6.45, 7) is 0.608. The maximum Gasteiger partial charge on any atom is 0.270 e.